The lowest BCUT2D eigenvalue weighted by atomic mass is 10.4. The third-order valence-corrected chi connectivity index (χ3v) is 6.56. The summed E-state index contributed by atoms with van der Waals surface area (Å²) < 4.78 is 37.9. The van der Waals surface area contributed by atoms with Crippen molar-refractivity contribution in [1.82, 2.24) is 0 Å². The molecule has 0 fully saturated rings. The second-order valence-electron chi connectivity index (χ2n) is 3.91. The van der Waals surface area contributed by atoms with Gasteiger partial charge < -0.3 is 0 Å². The average Bonchev–Trinajstić information content (AvgIpc) is 2.39. The van der Waals surface area contributed by atoms with Crippen LogP contribution in [0.1, 0.15) is 0 Å². The Kier molecular flexibility index (Phi) is 4.15. The van der Waals surface area contributed by atoms with Gasteiger partial charge in [-0.2, -0.15) is 14.0 Å². The highest BCUT2D eigenvalue weighted by atomic mass is 35.7. The third kappa shape index (κ3) is 3.48. The molecule has 0 aliphatic rings. The SMILES string of the molecule is CS(O[Cl+3]([O-])([O-])[O-])(c1ccccc1)c1ccccc1. The lowest BCUT2D eigenvalue weighted by molar-refractivity contribution is -1.91. The van der Waals surface area contributed by atoms with Crippen molar-refractivity contribution in [3.63, 3.8) is 0 Å². The predicted molar refractivity (Wildman–Crippen MR) is 64.0 cm³/mol. The molecule has 0 aliphatic heterocycles. The molecule has 0 bridgehead atoms. The minimum Gasteiger partial charge on any atom is -0.182 e. The van der Waals surface area contributed by atoms with E-state index in [1.54, 1.807) is 54.8 Å². The van der Waals surface area contributed by atoms with E-state index in [0.29, 0.717) is 9.79 Å². The summed E-state index contributed by atoms with van der Waals surface area (Å²) in [6.07, 6.45) is 1.64. The number of hydrogen-bond acceptors (Lipinski definition) is 4. The van der Waals surface area contributed by atoms with Gasteiger partial charge in [-0.25, -0.2) is 0 Å². The highest BCUT2D eigenvalue weighted by molar-refractivity contribution is 8.29. The molecule has 0 unspecified atom stereocenters. The number of benzene rings is 2. The van der Waals surface area contributed by atoms with E-state index < -0.39 is 20.6 Å². The third-order valence-electron chi connectivity index (χ3n) is 2.59. The molecule has 19 heavy (non-hydrogen) atoms. The van der Waals surface area contributed by atoms with Crippen LogP contribution in [0.15, 0.2) is 70.5 Å². The minimum absolute atomic E-state index is 0.674. The van der Waals surface area contributed by atoms with Gasteiger partial charge in [0.25, 0.3) is 0 Å². The summed E-state index contributed by atoms with van der Waals surface area (Å²) in [6.45, 7) is 0. The average molecular weight is 301 g/mol. The van der Waals surface area contributed by atoms with Crippen LogP contribution in [0.4, 0.5) is 0 Å². The standard InChI is InChI=1S/C13H13ClO4S/c1-19(18-14(15,16)17,12-8-4-2-5-9-12)13-10-6-3-7-11-13/h2-11H,1H3. The van der Waals surface area contributed by atoms with E-state index in [0.717, 1.165) is 0 Å². The molecule has 0 N–H and O–H groups in total. The molecule has 0 aliphatic carbocycles. The fourth-order valence-corrected chi connectivity index (χ4v) is 5.16. The van der Waals surface area contributed by atoms with E-state index >= 15 is 0 Å². The highest BCUT2D eigenvalue weighted by Gasteiger charge is 2.39. The molecule has 0 amide bonds. The zero-order valence-corrected chi connectivity index (χ0v) is 11.8. The van der Waals surface area contributed by atoms with Gasteiger partial charge in [0, 0.05) is 16.0 Å². The Bertz CT molecular complexity index is 488. The second-order valence-corrected chi connectivity index (χ2v) is 7.80. The Hall–Kier alpha value is -1.08. The molecule has 2 aromatic carbocycles. The Labute approximate surface area is 115 Å². The maximum Gasteiger partial charge on any atom is 0.130 e. The summed E-state index contributed by atoms with van der Waals surface area (Å²) >= 11 is 0. The van der Waals surface area contributed by atoms with E-state index in [2.05, 4.69) is 0 Å². The van der Waals surface area contributed by atoms with Crippen LogP contribution in [0.25, 0.3) is 0 Å². The van der Waals surface area contributed by atoms with Crippen molar-refractivity contribution in [3.05, 3.63) is 60.7 Å². The van der Waals surface area contributed by atoms with Crippen LogP contribution in [0.5, 0.6) is 0 Å². The maximum absolute atomic E-state index is 11.0. The summed E-state index contributed by atoms with van der Waals surface area (Å²) in [5.41, 5.74) is 0. The Balaban J connectivity index is 2.51. The Morgan fingerprint density at radius 1 is 0.789 bits per heavy atom. The van der Waals surface area contributed by atoms with Crippen molar-refractivity contribution in [3.8, 4) is 0 Å². The summed E-state index contributed by atoms with van der Waals surface area (Å²) in [5.74, 6) is 0. The van der Waals surface area contributed by atoms with Gasteiger partial charge >= 0.3 is 0 Å². The van der Waals surface area contributed by atoms with Gasteiger partial charge in [-0.3, -0.25) is 0 Å². The van der Waals surface area contributed by atoms with Gasteiger partial charge in [0.2, 0.25) is 0 Å². The molecule has 102 valence electrons. The molecule has 6 heteroatoms. The van der Waals surface area contributed by atoms with Crippen LogP contribution >= 0.6 is 10.3 Å². The van der Waals surface area contributed by atoms with Crippen LogP contribution in [0.3, 0.4) is 0 Å². The number of rotatable bonds is 4. The first-order valence-electron chi connectivity index (χ1n) is 5.42. The van der Waals surface area contributed by atoms with Crippen LogP contribution in [-0.2, 0) is 3.74 Å². The van der Waals surface area contributed by atoms with E-state index in [1.165, 1.54) is 0 Å². The van der Waals surface area contributed by atoms with Crippen molar-refractivity contribution >= 4 is 10.3 Å². The van der Waals surface area contributed by atoms with E-state index in [4.69, 9.17) is 3.74 Å². The van der Waals surface area contributed by atoms with Crippen LogP contribution < -0.4 is 14.0 Å². The van der Waals surface area contributed by atoms with Crippen molar-refractivity contribution < 1.29 is 28.0 Å². The molecule has 0 aromatic heterocycles. The van der Waals surface area contributed by atoms with E-state index in [9.17, 15) is 14.0 Å². The summed E-state index contributed by atoms with van der Waals surface area (Å²) in [7, 11) is -6.87. The molecule has 0 heterocycles. The summed E-state index contributed by atoms with van der Waals surface area (Å²) in [5, 5.41) is 0. The largest absolute Gasteiger partial charge is 0.182 e. The van der Waals surface area contributed by atoms with Crippen molar-refractivity contribution in [2.24, 2.45) is 0 Å². The molecule has 2 aromatic rings. The molecule has 0 spiro atoms. The Morgan fingerprint density at radius 3 is 1.47 bits per heavy atom. The summed E-state index contributed by atoms with van der Waals surface area (Å²) in [4.78, 5) is 1.35. The van der Waals surface area contributed by atoms with Crippen molar-refractivity contribution in [2.45, 2.75) is 9.79 Å². The van der Waals surface area contributed by atoms with Gasteiger partial charge in [-0.1, -0.05) is 36.4 Å². The van der Waals surface area contributed by atoms with Gasteiger partial charge in [0.05, 0.1) is 20.6 Å². The minimum atomic E-state index is -4.50. The van der Waals surface area contributed by atoms with Gasteiger partial charge in [-0.05, 0) is 24.3 Å². The molecular formula is C13H13ClO4S. The number of hydrogen-bond donors (Lipinski definition) is 0. The second kappa shape index (κ2) is 5.50. The lowest BCUT2D eigenvalue weighted by Crippen LogP contribution is -2.61. The van der Waals surface area contributed by atoms with Crippen LogP contribution in [0, 0.1) is 10.2 Å². The quantitative estimate of drug-likeness (QED) is 0.817. The normalized spacial score (nSPS) is 13.3. The summed E-state index contributed by atoms with van der Waals surface area (Å²) in [6, 6.07) is 17.8. The molecule has 2 rings (SSSR count). The molecule has 0 saturated carbocycles. The zero-order chi connectivity index (χ0) is 13.9. The monoisotopic (exact) mass is 300 g/mol. The van der Waals surface area contributed by atoms with Gasteiger partial charge in [0.1, 0.15) is 3.74 Å². The molecule has 0 radical (unpaired) electrons. The fourth-order valence-electron chi connectivity index (χ4n) is 1.72. The molecule has 0 atom stereocenters. The molecule has 0 saturated heterocycles. The first kappa shape index (κ1) is 14.3. The van der Waals surface area contributed by atoms with E-state index in [-0.39, 0.29) is 0 Å². The Morgan fingerprint density at radius 2 is 1.16 bits per heavy atom. The first-order valence-corrected chi connectivity index (χ1v) is 8.62. The molecular weight excluding hydrogens is 288 g/mol. The van der Waals surface area contributed by atoms with Crippen molar-refractivity contribution in [1.29, 1.82) is 0 Å². The highest BCUT2D eigenvalue weighted by Crippen LogP contribution is 2.61. The van der Waals surface area contributed by atoms with Crippen LogP contribution in [0.2, 0.25) is 0 Å². The lowest BCUT2D eigenvalue weighted by Gasteiger charge is -2.30. The number of halogens is 1. The zero-order valence-electron chi connectivity index (χ0n) is 10.2. The smallest absolute Gasteiger partial charge is 0.130 e. The van der Waals surface area contributed by atoms with Crippen molar-refractivity contribution in [2.75, 3.05) is 6.26 Å². The maximum atomic E-state index is 11.0. The van der Waals surface area contributed by atoms with Gasteiger partial charge in [-0.15, -0.1) is 0 Å². The van der Waals surface area contributed by atoms with E-state index in [1.807, 2.05) is 12.1 Å². The van der Waals surface area contributed by atoms with Gasteiger partial charge in [0.15, 0.2) is 0 Å². The first-order chi connectivity index (χ1) is 8.92. The fraction of sp³-hybridized carbons (Fsp3) is 0.0769. The predicted octanol–water partition coefficient (Wildman–Crippen LogP) is 0.368. The molecule has 4 nitrogen and oxygen atoms in total. The topological polar surface area (TPSA) is 78.4 Å². The van der Waals surface area contributed by atoms with Crippen LogP contribution in [-0.4, -0.2) is 6.26 Å².